The second-order valence-corrected chi connectivity index (χ2v) is 4.65. The fourth-order valence-corrected chi connectivity index (χ4v) is 2.51. The van der Waals surface area contributed by atoms with E-state index in [0.29, 0.717) is 6.04 Å². The molecule has 0 bridgehead atoms. The third-order valence-corrected chi connectivity index (χ3v) is 3.62. The highest BCUT2D eigenvalue weighted by Crippen LogP contribution is 2.36. The Morgan fingerprint density at radius 1 is 1.47 bits per heavy atom. The number of allylic oxidation sites excluding steroid dienone is 1. The summed E-state index contributed by atoms with van der Waals surface area (Å²) < 4.78 is 5.58. The van der Waals surface area contributed by atoms with Gasteiger partial charge in [-0.25, -0.2) is 0 Å². The lowest BCUT2D eigenvalue weighted by molar-refractivity contribution is -0.0268. The van der Waals surface area contributed by atoms with E-state index >= 15 is 0 Å². The number of ether oxygens (including phenoxy) is 1. The molecule has 1 saturated carbocycles. The molecule has 1 aliphatic heterocycles. The summed E-state index contributed by atoms with van der Waals surface area (Å²) in [5, 5.41) is 13.8. The lowest BCUT2D eigenvalue weighted by Crippen LogP contribution is -2.42. The first-order valence-corrected chi connectivity index (χ1v) is 5.98. The topological polar surface area (TPSA) is 41.5 Å². The molecule has 0 aromatic heterocycles. The Morgan fingerprint density at radius 3 is 2.73 bits per heavy atom. The van der Waals surface area contributed by atoms with Gasteiger partial charge in [0.05, 0.1) is 6.61 Å². The standard InChI is InChI=1S/C12H21NO2/c1-13-10-5-7-12(14,8-6-10)11-4-2-3-9-15-11/h4,10,13-14H,2-3,5-9H2,1H3. The molecule has 1 aliphatic carbocycles. The van der Waals surface area contributed by atoms with E-state index in [9.17, 15) is 5.11 Å². The largest absolute Gasteiger partial charge is 0.495 e. The Labute approximate surface area is 91.5 Å². The van der Waals surface area contributed by atoms with Crippen LogP contribution in [0.25, 0.3) is 0 Å². The van der Waals surface area contributed by atoms with E-state index in [1.807, 2.05) is 7.05 Å². The molecular weight excluding hydrogens is 190 g/mol. The zero-order valence-electron chi connectivity index (χ0n) is 9.46. The van der Waals surface area contributed by atoms with Crippen LogP contribution in [0.4, 0.5) is 0 Å². The second kappa shape index (κ2) is 4.54. The van der Waals surface area contributed by atoms with Crippen LogP contribution in [0.15, 0.2) is 11.8 Å². The zero-order chi connectivity index (χ0) is 10.7. The Kier molecular flexibility index (Phi) is 3.32. The molecule has 0 aromatic carbocycles. The van der Waals surface area contributed by atoms with Crippen molar-refractivity contribution < 1.29 is 9.84 Å². The summed E-state index contributed by atoms with van der Waals surface area (Å²) in [6, 6.07) is 0.564. The van der Waals surface area contributed by atoms with Gasteiger partial charge in [-0.05, 0) is 51.6 Å². The van der Waals surface area contributed by atoms with Crippen molar-refractivity contribution in [2.75, 3.05) is 13.7 Å². The SMILES string of the molecule is CNC1CCC(O)(C2=CCCCO2)CC1. The van der Waals surface area contributed by atoms with Gasteiger partial charge in [-0.1, -0.05) is 0 Å². The van der Waals surface area contributed by atoms with Crippen LogP contribution in [0.1, 0.15) is 38.5 Å². The molecule has 15 heavy (non-hydrogen) atoms. The Bertz CT molecular complexity index is 242. The third-order valence-electron chi connectivity index (χ3n) is 3.62. The van der Waals surface area contributed by atoms with Gasteiger partial charge < -0.3 is 15.2 Å². The van der Waals surface area contributed by atoms with Gasteiger partial charge in [-0.3, -0.25) is 0 Å². The molecule has 0 spiro atoms. The maximum atomic E-state index is 10.5. The lowest BCUT2D eigenvalue weighted by atomic mass is 9.80. The summed E-state index contributed by atoms with van der Waals surface area (Å²) >= 11 is 0. The van der Waals surface area contributed by atoms with Crippen LogP contribution >= 0.6 is 0 Å². The Morgan fingerprint density at radius 2 is 2.20 bits per heavy atom. The van der Waals surface area contributed by atoms with Crippen LogP contribution in [-0.4, -0.2) is 30.4 Å². The first-order chi connectivity index (χ1) is 7.24. The summed E-state index contributed by atoms with van der Waals surface area (Å²) in [6.07, 6.45) is 7.92. The van der Waals surface area contributed by atoms with Gasteiger partial charge in [0.1, 0.15) is 11.4 Å². The molecule has 2 rings (SSSR count). The van der Waals surface area contributed by atoms with Crippen molar-refractivity contribution in [2.45, 2.75) is 50.2 Å². The molecule has 0 radical (unpaired) electrons. The van der Waals surface area contributed by atoms with Crippen molar-refractivity contribution in [1.82, 2.24) is 5.32 Å². The second-order valence-electron chi connectivity index (χ2n) is 4.65. The van der Waals surface area contributed by atoms with Crippen molar-refractivity contribution in [3.63, 3.8) is 0 Å². The predicted octanol–water partition coefficient (Wildman–Crippen LogP) is 1.57. The average Bonchev–Trinajstić information content (AvgIpc) is 2.31. The summed E-state index contributed by atoms with van der Waals surface area (Å²) in [6.45, 7) is 0.767. The van der Waals surface area contributed by atoms with E-state index in [1.54, 1.807) is 0 Å². The maximum Gasteiger partial charge on any atom is 0.124 e. The highest BCUT2D eigenvalue weighted by atomic mass is 16.5. The molecule has 1 fully saturated rings. The van der Waals surface area contributed by atoms with E-state index in [-0.39, 0.29) is 0 Å². The summed E-state index contributed by atoms with van der Waals surface area (Å²) in [4.78, 5) is 0. The van der Waals surface area contributed by atoms with Crippen LogP contribution in [-0.2, 0) is 4.74 Å². The molecule has 3 heteroatoms. The van der Waals surface area contributed by atoms with Crippen LogP contribution in [0, 0.1) is 0 Å². The quantitative estimate of drug-likeness (QED) is 0.728. The van der Waals surface area contributed by atoms with Crippen LogP contribution < -0.4 is 5.32 Å². The minimum Gasteiger partial charge on any atom is -0.495 e. The molecular formula is C12H21NO2. The summed E-state index contributed by atoms with van der Waals surface area (Å²) in [7, 11) is 1.99. The number of hydrogen-bond donors (Lipinski definition) is 2. The fraction of sp³-hybridized carbons (Fsp3) is 0.833. The first-order valence-electron chi connectivity index (χ1n) is 5.98. The monoisotopic (exact) mass is 211 g/mol. The molecule has 3 nitrogen and oxygen atoms in total. The molecule has 2 aliphatic rings. The minimum atomic E-state index is -0.673. The smallest absolute Gasteiger partial charge is 0.124 e. The molecule has 1 heterocycles. The van der Waals surface area contributed by atoms with Crippen LogP contribution in [0.3, 0.4) is 0 Å². The summed E-state index contributed by atoms with van der Waals surface area (Å²) in [5.41, 5.74) is -0.673. The van der Waals surface area contributed by atoms with Crippen molar-refractivity contribution in [3.8, 4) is 0 Å². The number of aliphatic hydroxyl groups is 1. The molecule has 86 valence electrons. The highest BCUT2D eigenvalue weighted by molar-refractivity contribution is 5.13. The first kappa shape index (κ1) is 11.0. The number of hydrogen-bond acceptors (Lipinski definition) is 3. The maximum absolute atomic E-state index is 10.5. The van der Waals surface area contributed by atoms with Crippen LogP contribution in [0.5, 0.6) is 0 Å². The van der Waals surface area contributed by atoms with E-state index in [4.69, 9.17) is 4.74 Å². The number of nitrogens with one attached hydrogen (secondary N) is 1. The minimum absolute atomic E-state index is 0.564. The Balaban J connectivity index is 1.98. The third kappa shape index (κ3) is 2.34. The highest BCUT2D eigenvalue weighted by Gasteiger charge is 2.37. The predicted molar refractivity (Wildman–Crippen MR) is 59.5 cm³/mol. The van der Waals surface area contributed by atoms with Gasteiger partial charge in [0, 0.05) is 6.04 Å². The Hall–Kier alpha value is -0.540. The molecule has 2 N–H and O–H groups in total. The van der Waals surface area contributed by atoms with Crippen LogP contribution in [0.2, 0.25) is 0 Å². The lowest BCUT2D eigenvalue weighted by Gasteiger charge is -2.38. The van der Waals surface area contributed by atoms with E-state index < -0.39 is 5.60 Å². The molecule has 0 unspecified atom stereocenters. The number of rotatable bonds is 2. The van der Waals surface area contributed by atoms with Gasteiger partial charge in [0.25, 0.3) is 0 Å². The molecule has 0 amide bonds. The van der Waals surface area contributed by atoms with E-state index in [0.717, 1.165) is 50.9 Å². The van der Waals surface area contributed by atoms with Gasteiger partial charge in [0.2, 0.25) is 0 Å². The zero-order valence-corrected chi connectivity index (χ0v) is 9.46. The van der Waals surface area contributed by atoms with Gasteiger partial charge in [0.15, 0.2) is 0 Å². The van der Waals surface area contributed by atoms with Gasteiger partial charge in [-0.15, -0.1) is 0 Å². The van der Waals surface area contributed by atoms with Gasteiger partial charge >= 0.3 is 0 Å². The van der Waals surface area contributed by atoms with Crippen molar-refractivity contribution >= 4 is 0 Å². The van der Waals surface area contributed by atoms with Gasteiger partial charge in [-0.2, -0.15) is 0 Å². The van der Waals surface area contributed by atoms with Crippen molar-refractivity contribution in [3.05, 3.63) is 11.8 Å². The van der Waals surface area contributed by atoms with Crippen molar-refractivity contribution in [2.24, 2.45) is 0 Å². The summed E-state index contributed by atoms with van der Waals surface area (Å²) in [5.74, 6) is 0.836. The van der Waals surface area contributed by atoms with E-state index in [1.165, 1.54) is 0 Å². The fourth-order valence-electron chi connectivity index (χ4n) is 2.51. The normalized spacial score (nSPS) is 36.9. The average molecular weight is 211 g/mol. The molecule has 0 atom stereocenters. The van der Waals surface area contributed by atoms with E-state index in [2.05, 4.69) is 11.4 Å². The molecule has 0 aromatic rings. The van der Waals surface area contributed by atoms with Crippen molar-refractivity contribution in [1.29, 1.82) is 0 Å². The molecule has 0 saturated heterocycles.